The monoisotopic (exact) mass is 382 g/mol. The van der Waals surface area contributed by atoms with Crippen molar-refractivity contribution < 1.29 is 0 Å². The molecule has 140 valence electrons. The summed E-state index contributed by atoms with van der Waals surface area (Å²) in [5.74, 6) is 0. The average molecular weight is 382 g/mol. The van der Waals surface area contributed by atoms with Gasteiger partial charge in [-0.3, -0.25) is 9.97 Å². The zero-order valence-corrected chi connectivity index (χ0v) is 16.3. The number of aromatic nitrogens is 2. The van der Waals surface area contributed by atoms with Crippen LogP contribution in [0.4, 0.5) is 0 Å². The van der Waals surface area contributed by atoms with Crippen molar-refractivity contribution in [3.63, 3.8) is 0 Å². The van der Waals surface area contributed by atoms with Gasteiger partial charge in [0.2, 0.25) is 0 Å². The van der Waals surface area contributed by atoms with Gasteiger partial charge in [0, 0.05) is 23.3 Å². The summed E-state index contributed by atoms with van der Waals surface area (Å²) < 4.78 is 0. The summed E-state index contributed by atoms with van der Waals surface area (Å²) >= 11 is 0. The van der Waals surface area contributed by atoms with Gasteiger partial charge in [0.15, 0.2) is 0 Å². The SMILES string of the molecule is c1ccc(-c2ccc(-c3cc4cc5ncccc5cc4c4ccccc34)cc2)nc1. The fourth-order valence-electron chi connectivity index (χ4n) is 4.27. The molecular weight excluding hydrogens is 364 g/mol. The van der Waals surface area contributed by atoms with E-state index >= 15 is 0 Å². The fraction of sp³-hybridized carbons (Fsp3) is 0. The smallest absolute Gasteiger partial charge is 0.0708 e. The maximum atomic E-state index is 4.55. The number of nitrogens with zero attached hydrogens (tertiary/aromatic N) is 2. The fourth-order valence-corrected chi connectivity index (χ4v) is 4.27. The maximum Gasteiger partial charge on any atom is 0.0708 e. The summed E-state index contributed by atoms with van der Waals surface area (Å²) in [5.41, 5.74) is 5.58. The standard InChI is InChI=1S/C28H18N2/c1-2-8-24-23(7-1)25(17-22-18-28-21(16-26(22)24)6-5-15-30-28)19-10-12-20(13-11-19)27-9-3-4-14-29-27/h1-18H. The quantitative estimate of drug-likeness (QED) is 0.232. The third-order valence-corrected chi connectivity index (χ3v) is 5.74. The molecular formula is C28H18N2. The Morgan fingerprint density at radius 1 is 0.467 bits per heavy atom. The molecule has 0 radical (unpaired) electrons. The second-order valence-corrected chi connectivity index (χ2v) is 7.53. The predicted molar refractivity (Wildman–Crippen MR) is 125 cm³/mol. The van der Waals surface area contributed by atoms with Gasteiger partial charge in [0.05, 0.1) is 11.2 Å². The molecule has 2 heteroatoms. The van der Waals surface area contributed by atoms with Crippen molar-refractivity contribution in [1.29, 1.82) is 0 Å². The molecule has 0 bridgehead atoms. The second-order valence-electron chi connectivity index (χ2n) is 7.53. The normalized spacial score (nSPS) is 11.3. The van der Waals surface area contributed by atoms with Crippen molar-refractivity contribution in [3.8, 4) is 22.4 Å². The van der Waals surface area contributed by atoms with Gasteiger partial charge in [-0.2, -0.15) is 0 Å². The van der Waals surface area contributed by atoms with Crippen molar-refractivity contribution in [2.45, 2.75) is 0 Å². The summed E-state index contributed by atoms with van der Waals surface area (Å²) in [6.07, 6.45) is 3.69. The largest absolute Gasteiger partial charge is 0.256 e. The Morgan fingerprint density at radius 2 is 1.23 bits per heavy atom. The molecule has 0 saturated heterocycles. The summed E-state index contributed by atoms with van der Waals surface area (Å²) in [7, 11) is 0. The molecule has 0 saturated carbocycles. The molecule has 0 amide bonds. The predicted octanol–water partition coefficient (Wildman–Crippen LogP) is 7.27. The van der Waals surface area contributed by atoms with Crippen molar-refractivity contribution in [2.75, 3.05) is 0 Å². The summed E-state index contributed by atoms with van der Waals surface area (Å²) in [4.78, 5) is 9.02. The Hall–Kier alpha value is -4.04. The number of hydrogen-bond acceptors (Lipinski definition) is 2. The maximum absolute atomic E-state index is 4.55. The van der Waals surface area contributed by atoms with Gasteiger partial charge < -0.3 is 0 Å². The zero-order valence-electron chi connectivity index (χ0n) is 16.3. The van der Waals surface area contributed by atoms with E-state index < -0.39 is 0 Å². The van der Waals surface area contributed by atoms with Gasteiger partial charge in [0.1, 0.15) is 0 Å². The molecule has 0 aliphatic heterocycles. The molecule has 4 aromatic carbocycles. The first-order valence-corrected chi connectivity index (χ1v) is 10.1. The van der Waals surface area contributed by atoms with E-state index in [9.17, 15) is 0 Å². The first-order chi connectivity index (χ1) is 14.9. The van der Waals surface area contributed by atoms with E-state index in [1.807, 2.05) is 36.7 Å². The van der Waals surface area contributed by atoms with Crippen LogP contribution in [0.3, 0.4) is 0 Å². The molecule has 0 unspecified atom stereocenters. The first-order valence-electron chi connectivity index (χ1n) is 10.1. The Balaban J connectivity index is 1.59. The first kappa shape index (κ1) is 16.9. The van der Waals surface area contributed by atoms with Crippen LogP contribution in [0, 0.1) is 0 Å². The van der Waals surface area contributed by atoms with E-state index in [0.717, 1.165) is 16.8 Å². The van der Waals surface area contributed by atoms with Crippen LogP contribution < -0.4 is 0 Å². The van der Waals surface area contributed by atoms with Gasteiger partial charge in [-0.05, 0) is 69.1 Å². The lowest BCUT2D eigenvalue weighted by Gasteiger charge is -2.12. The Bertz CT molecular complexity index is 1520. The molecule has 0 aliphatic rings. The Morgan fingerprint density at radius 3 is 2.07 bits per heavy atom. The molecule has 0 N–H and O–H groups in total. The number of fused-ring (bicyclic) bond motifs is 4. The minimum atomic E-state index is 0.991. The van der Waals surface area contributed by atoms with Gasteiger partial charge in [-0.25, -0.2) is 0 Å². The highest BCUT2D eigenvalue weighted by Crippen LogP contribution is 2.36. The van der Waals surface area contributed by atoms with Crippen LogP contribution >= 0.6 is 0 Å². The molecule has 2 aromatic heterocycles. The van der Waals surface area contributed by atoms with Crippen LogP contribution in [-0.4, -0.2) is 9.97 Å². The third-order valence-electron chi connectivity index (χ3n) is 5.74. The summed E-state index contributed by atoms with van der Waals surface area (Å²) in [6, 6.07) is 34.2. The minimum absolute atomic E-state index is 0.991. The molecule has 0 aliphatic carbocycles. The van der Waals surface area contributed by atoms with E-state index in [1.165, 1.54) is 38.1 Å². The van der Waals surface area contributed by atoms with Crippen LogP contribution in [0.2, 0.25) is 0 Å². The van der Waals surface area contributed by atoms with Crippen LogP contribution in [0.25, 0.3) is 54.8 Å². The van der Waals surface area contributed by atoms with Crippen LogP contribution in [0.15, 0.2) is 109 Å². The molecule has 2 nitrogen and oxygen atoms in total. The zero-order chi connectivity index (χ0) is 19.9. The number of benzene rings is 4. The molecule has 2 heterocycles. The number of rotatable bonds is 2. The van der Waals surface area contributed by atoms with Crippen molar-refractivity contribution in [1.82, 2.24) is 9.97 Å². The summed E-state index contributed by atoms with van der Waals surface area (Å²) in [5, 5.41) is 6.18. The molecule has 0 atom stereocenters. The molecule has 6 rings (SSSR count). The van der Waals surface area contributed by atoms with Crippen molar-refractivity contribution in [2.24, 2.45) is 0 Å². The Kier molecular flexibility index (Phi) is 3.82. The number of hydrogen-bond donors (Lipinski definition) is 0. The average Bonchev–Trinajstić information content (AvgIpc) is 2.83. The van der Waals surface area contributed by atoms with Gasteiger partial charge in [-0.15, -0.1) is 0 Å². The van der Waals surface area contributed by atoms with E-state index in [4.69, 9.17) is 0 Å². The van der Waals surface area contributed by atoms with Crippen molar-refractivity contribution >= 4 is 32.4 Å². The molecule has 30 heavy (non-hydrogen) atoms. The van der Waals surface area contributed by atoms with Gasteiger partial charge >= 0.3 is 0 Å². The van der Waals surface area contributed by atoms with Crippen LogP contribution in [0.5, 0.6) is 0 Å². The number of pyridine rings is 2. The highest BCUT2D eigenvalue weighted by Gasteiger charge is 2.10. The van der Waals surface area contributed by atoms with Crippen molar-refractivity contribution in [3.05, 3.63) is 109 Å². The lowest BCUT2D eigenvalue weighted by atomic mass is 9.92. The van der Waals surface area contributed by atoms with Crippen LogP contribution in [-0.2, 0) is 0 Å². The van der Waals surface area contributed by atoms with E-state index in [0.29, 0.717) is 0 Å². The van der Waals surface area contributed by atoms with E-state index in [1.54, 1.807) is 0 Å². The van der Waals surface area contributed by atoms with E-state index in [-0.39, 0.29) is 0 Å². The molecule has 6 aromatic rings. The minimum Gasteiger partial charge on any atom is -0.256 e. The Labute approximate surface area is 174 Å². The highest BCUT2D eigenvalue weighted by molar-refractivity contribution is 6.16. The molecule has 0 fully saturated rings. The topological polar surface area (TPSA) is 25.8 Å². The van der Waals surface area contributed by atoms with Gasteiger partial charge in [-0.1, -0.05) is 60.7 Å². The second kappa shape index (κ2) is 6.78. The van der Waals surface area contributed by atoms with E-state index in [2.05, 4.69) is 82.8 Å². The molecule has 0 spiro atoms. The van der Waals surface area contributed by atoms with Gasteiger partial charge in [0.25, 0.3) is 0 Å². The highest BCUT2D eigenvalue weighted by atomic mass is 14.7. The summed E-state index contributed by atoms with van der Waals surface area (Å²) in [6.45, 7) is 0. The lowest BCUT2D eigenvalue weighted by Crippen LogP contribution is -1.87. The third kappa shape index (κ3) is 2.73. The van der Waals surface area contributed by atoms with Crippen LogP contribution in [0.1, 0.15) is 0 Å². The lowest BCUT2D eigenvalue weighted by molar-refractivity contribution is 1.33.